The summed E-state index contributed by atoms with van der Waals surface area (Å²) in [5.41, 5.74) is 1.03. The maximum absolute atomic E-state index is 5.46. The standard InChI is InChI=1S/C15H21N5O2/c1-21-10-15-18-13(12-2-7-22-9-12)8-14(19-15)17-4-6-20-5-3-16-11-20/h3,5,8,11-12H,2,4,6-7,9-10H2,1H3,(H,17,18,19). The fourth-order valence-corrected chi connectivity index (χ4v) is 2.51. The first-order chi connectivity index (χ1) is 10.8. The van der Waals surface area contributed by atoms with Gasteiger partial charge in [0.1, 0.15) is 12.4 Å². The van der Waals surface area contributed by atoms with Gasteiger partial charge in [0.05, 0.1) is 18.6 Å². The number of hydrogen-bond acceptors (Lipinski definition) is 6. The second kappa shape index (κ2) is 7.33. The number of nitrogens with zero attached hydrogens (tertiary/aromatic N) is 4. The molecule has 2 aromatic rings. The molecule has 22 heavy (non-hydrogen) atoms. The van der Waals surface area contributed by atoms with Crippen molar-refractivity contribution in [2.75, 3.05) is 32.2 Å². The van der Waals surface area contributed by atoms with E-state index in [1.54, 1.807) is 19.6 Å². The summed E-state index contributed by atoms with van der Waals surface area (Å²) < 4.78 is 12.7. The van der Waals surface area contributed by atoms with Crippen LogP contribution in [0.15, 0.2) is 24.8 Å². The summed E-state index contributed by atoms with van der Waals surface area (Å²) in [6.07, 6.45) is 6.54. The summed E-state index contributed by atoms with van der Waals surface area (Å²) in [5.74, 6) is 1.90. The fourth-order valence-electron chi connectivity index (χ4n) is 2.51. The van der Waals surface area contributed by atoms with Crippen LogP contribution in [-0.4, -0.2) is 46.4 Å². The first-order valence-electron chi connectivity index (χ1n) is 7.49. The highest BCUT2D eigenvalue weighted by Crippen LogP contribution is 2.25. The Balaban J connectivity index is 1.68. The summed E-state index contributed by atoms with van der Waals surface area (Å²) in [4.78, 5) is 13.1. The summed E-state index contributed by atoms with van der Waals surface area (Å²) in [6.45, 7) is 3.57. The van der Waals surface area contributed by atoms with Gasteiger partial charge < -0.3 is 19.4 Å². The first-order valence-corrected chi connectivity index (χ1v) is 7.49. The molecule has 0 aliphatic carbocycles. The van der Waals surface area contributed by atoms with Crippen molar-refractivity contribution in [3.63, 3.8) is 0 Å². The predicted octanol–water partition coefficient (Wildman–Crippen LogP) is 1.44. The van der Waals surface area contributed by atoms with Crippen LogP contribution in [-0.2, 0) is 22.6 Å². The summed E-state index contributed by atoms with van der Waals surface area (Å²) >= 11 is 0. The van der Waals surface area contributed by atoms with Gasteiger partial charge in [0.2, 0.25) is 0 Å². The number of methoxy groups -OCH3 is 1. The van der Waals surface area contributed by atoms with Crippen molar-refractivity contribution >= 4 is 5.82 Å². The zero-order chi connectivity index (χ0) is 15.2. The molecule has 1 atom stereocenters. The Labute approximate surface area is 129 Å². The predicted molar refractivity (Wildman–Crippen MR) is 81.6 cm³/mol. The SMILES string of the molecule is COCc1nc(NCCn2ccnc2)cc(C2CCOC2)n1. The minimum Gasteiger partial charge on any atom is -0.381 e. The van der Waals surface area contributed by atoms with Gasteiger partial charge in [0.15, 0.2) is 5.82 Å². The average Bonchev–Trinajstić information content (AvgIpc) is 3.21. The Morgan fingerprint density at radius 2 is 2.41 bits per heavy atom. The number of imidazole rings is 1. The second-order valence-electron chi connectivity index (χ2n) is 5.32. The number of nitrogens with one attached hydrogen (secondary N) is 1. The average molecular weight is 303 g/mol. The van der Waals surface area contributed by atoms with Crippen LogP contribution in [0, 0.1) is 0 Å². The summed E-state index contributed by atoms with van der Waals surface area (Å²) in [5, 5.41) is 3.35. The largest absolute Gasteiger partial charge is 0.381 e. The summed E-state index contributed by atoms with van der Waals surface area (Å²) in [7, 11) is 1.65. The molecule has 1 aliphatic heterocycles. The van der Waals surface area contributed by atoms with Crippen LogP contribution in [0.3, 0.4) is 0 Å². The van der Waals surface area contributed by atoms with Crippen molar-refractivity contribution < 1.29 is 9.47 Å². The molecule has 0 saturated carbocycles. The minimum atomic E-state index is 0.354. The minimum absolute atomic E-state index is 0.354. The van der Waals surface area contributed by atoms with Gasteiger partial charge >= 0.3 is 0 Å². The molecule has 7 nitrogen and oxygen atoms in total. The van der Waals surface area contributed by atoms with Crippen LogP contribution in [0.5, 0.6) is 0 Å². The lowest BCUT2D eigenvalue weighted by Gasteiger charge is -2.13. The molecule has 1 N–H and O–H groups in total. The molecule has 1 saturated heterocycles. The Hall–Kier alpha value is -1.99. The van der Waals surface area contributed by atoms with Crippen molar-refractivity contribution in [2.45, 2.75) is 25.5 Å². The third-order valence-electron chi connectivity index (χ3n) is 3.65. The van der Waals surface area contributed by atoms with Gasteiger partial charge in [-0.15, -0.1) is 0 Å². The molecule has 3 heterocycles. The molecule has 0 spiro atoms. The molecule has 0 bridgehead atoms. The molecule has 0 aromatic carbocycles. The Kier molecular flexibility index (Phi) is 4.97. The van der Waals surface area contributed by atoms with Gasteiger partial charge in [0.25, 0.3) is 0 Å². The van der Waals surface area contributed by atoms with Crippen LogP contribution in [0.25, 0.3) is 0 Å². The Morgan fingerprint density at radius 3 is 3.14 bits per heavy atom. The van der Waals surface area contributed by atoms with Gasteiger partial charge in [-0.2, -0.15) is 0 Å². The monoisotopic (exact) mass is 303 g/mol. The molecular formula is C15H21N5O2. The number of anilines is 1. The highest BCUT2D eigenvalue weighted by atomic mass is 16.5. The second-order valence-corrected chi connectivity index (χ2v) is 5.32. The first kappa shape index (κ1) is 14.9. The third kappa shape index (κ3) is 3.80. The molecule has 1 unspecified atom stereocenters. The Bertz CT molecular complexity index is 582. The topological polar surface area (TPSA) is 74.1 Å². The molecule has 2 aromatic heterocycles. The maximum atomic E-state index is 5.46. The van der Waals surface area contributed by atoms with Crippen LogP contribution in [0.4, 0.5) is 5.82 Å². The van der Waals surface area contributed by atoms with E-state index in [1.807, 2.05) is 16.8 Å². The van der Waals surface area contributed by atoms with E-state index in [2.05, 4.69) is 20.3 Å². The Morgan fingerprint density at radius 1 is 1.45 bits per heavy atom. The van der Waals surface area contributed by atoms with E-state index in [0.29, 0.717) is 18.3 Å². The summed E-state index contributed by atoms with van der Waals surface area (Å²) in [6, 6.07) is 2.02. The lowest BCUT2D eigenvalue weighted by molar-refractivity contribution is 0.177. The number of rotatable bonds is 7. The van der Waals surface area contributed by atoms with Gasteiger partial charge in [0, 0.05) is 51.2 Å². The van der Waals surface area contributed by atoms with Crippen molar-refractivity contribution in [1.29, 1.82) is 0 Å². The molecule has 1 aliphatic rings. The van der Waals surface area contributed by atoms with Crippen LogP contribution in [0.2, 0.25) is 0 Å². The number of hydrogen-bond donors (Lipinski definition) is 1. The van der Waals surface area contributed by atoms with E-state index in [9.17, 15) is 0 Å². The van der Waals surface area contributed by atoms with Gasteiger partial charge in [-0.1, -0.05) is 0 Å². The van der Waals surface area contributed by atoms with Crippen LogP contribution in [0.1, 0.15) is 23.9 Å². The van der Waals surface area contributed by atoms with Gasteiger partial charge in [-0.05, 0) is 6.42 Å². The molecule has 3 rings (SSSR count). The van der Waals surface area contributed by atoms with E-state index < -0.39 is 0 Å². The number of aromatic nitrogens is 4. The van der Waals surface area contributed by atoms with Crippen molar-refractivity contribution in [1.82, 2.24) is 19.5 Å². The van der Waals surface area contributed by atoms with E-state index in [4.69, 9.17) is 9.47 Å². The number of ether oxygens (including phenoxy) is 2. The fraction of sp³-hybridized carbons (Fsp3) is 0.533. The smallest absolute Gasteiger partial charge is 0.156 e. The lowest BCUT2D eigenvalue weighted by atomic mass is 10.0. The molecule has 1 fully saturated rings. The van der Waals surface area contributed by atoms with Crippen molar-refractivity contribution in [3.8, 4) is 0 Å². The molecule has 118 valence electrons. The molecule has 0 radical (unpaired) electrons. The van der Waals surface area contributed by atoms with Crippen LogP contribution >= 0.6 is 0 Å². The van der Waals surface area contributed by atoms with E-state index in [1.165, 1.54) is 0 Å². The maximum Gasteiger partial charge on any atom is 0.156 e. The van der Waals surface area contributed by atoms with Crippen molar-refractivity contribution in [2.24, 2.45) is 0 Å². The third-order valence-corrected chi connectivity index (χ3v) is 3.65. The molecular weight excluding hydrogens is 282 g/mol. The van der Waals surface area contributed by atoms with E-state index >= 15 is 0 Å². The highest BCUT2D eigenvalue weighted by Gasteiger charge is 2.20. The quantitative estimate of drug-likeness (QED) is 0.834. The van der Waals surface area contributed by atoms with E-state index in [-0.39, 0.29) is 0 Å². The normalized spacial score (nSPS) is 17.8. The zero-order valence-corrected chi connectivity index (χ0v) is 12.7. The van der Waals surface area contributed by atoms with Crippen molar-refractivity contribution in [3.05, 3.63) is 36.3 Å². The van der Waals surface area contributed by atoms with Crippen LogP contribution < -0.4 is 5.32 Å². The molecule has 7 heteroatoms. The molecule has 0 amide bonds. The zero-order valence-electron chi connectivity index (χ0n) is 12.7. The van der Waals surface area contributed by atoms with Gasteiger partial charge in [-0.25, -0.2) is 15.0 Å². The highest BCUT2D eigenvalue weighted by molar-refractivity contribution is 5.37. The van der Waals surface area contributed by atoms with E-state index in [0.717, 1.165) is 44.2 Å². The van der Waals surface area contributed by atoms with Gasteiger partial charge in [-0.3, -0.25) is 0 Å². The lowest BCUT2D eigenvalue weighted by Crippen LogP contribution is -2.13.